The number of nitrogens with zero attached hydrogens (tertiary/aromatic N) is 2. The number of Topliss-reactive ketones (excluding diaryl/α,β-unsaturated/α-hetero) is 1. The zero-order valence-corrected chi connectivity index (χ0v) is 11.9. The Morgan fingerprint density at radius 1 is 1.20 bits per heavy atom. The minimum absolute atomic E-state index is 0.137. The van der Waals surface area contributed by atoms with Crippen LogP contribution >= 0.6 is 0 Å². The predicted octanol–water partition coefficient (Wildman–Crippen LogP) is 2.14. The van der Waals surface area contributed by atoms with Crippen molar-refractivity contribution in [1.29, 1.82) is 5.26 Å². The molecule has 0 radical (unpaired) electrons. The Balaban J connectivity index is 1.59. The average molecular weight is 274 g/mol. The lowest BCUT2D eigenvalue weighted by atomic mass is 9.83. The van der Waals surface area contributed by atoms with E-state index in [0.717, 1.165) is 25.2 Å². The molecule has 4 atom stereocenters. The van der Waals surface area contributed by atoms with Gasteiger partial charge in [0, 0.05) is 19.5 Å². The number of likely N-dealkylation sites (tertiary alicyclic amines) is 1. The zero-order valence-electron chi connectivity index (χ0n) is 11.9. The van der Waals surface area contributed by atoms with E-state index in [0.29, 0.717) is 31.3 Å². The maximum Gasteiger partial charge on any atom is 0.247 e. The third-order valence-corrected chi connectivity index (χ3v) is 5.46. The van der Waals surface area contributed by atoms with Gasteiger partial charge in [-0.25, -0.2) is 0 Å². The highest BCUT2D eigenvalue weighted by Crippen LogP contribution is 2.49. The van der Waals surface area contributed by atoms with Gasteiger partial charge in [-0.1, -0.05) is 6.42 Å². The topological polar surface area (TPSA) is 61.2 Å². The number of carbonyl (C=O) groups excluding carboxylic acids is 2. The molecule has 0 N–H and O–H groups in total. The number of amides is 1. The minimum Gasteiger partial charge on any atom is -0.341 e. The molecule has 20 heavy (non-hydrogen) atoms. The third kappa shape index (κ3) is 2.46. The van der Waals surface area contributed by atoms with Gasteiger partial charge in [0.2, 0.25) is 5.91 Å². The minimum atomic E-state index is -1.05. The highest BCUT2D eigenvalue weighted by molar-refractivity contribution is 6.04. The summed E-state index contributed by atoms with van der Waals surface area (Å²) in [6.07, 6.45) is 7.36. The van der Waals surface area contributed by atoms with Crippen molar-refractivity contribution in [3.63, 3.8) is 0 Å². The first-order valence-electron chi connectivity index (χ1n) is 7.90. The van der Waals surface area contributed by atoms with E-state index >= 15 is 0 Å². The largest absolute Gasteiger partial charge is 0.341 e. The van der Waals surface area contributed by atoms with Gasteiger partial charge >= 0.3 is 0 Å². The molecule has 4 heteroatoms. The molecule has 0 aromatic heterocycles. The summed E-state index contributed by atoms with van der Waals surface area (Å²) in [4.78, 5) is 26.3. The third-order valence-electron chi connectivity index (χ3n) is 5.46. The van der Waals surface area contributed by atoms with Crippen molar-refractivity contribution in [3.8, 4) is 6.07 Å². The number of hydrogen-bond donors (Lipinski definition) is 0. The van der Waals surface area contributed by atoms with Gasteiger partial charge in [0.1, 0.15) is 0 Å². The van der Waals surface area contributed by atoms with Crippen molar-refractivity contribution in [1.82, 2.24) is 4.90 Å². The summed E-state index contributed by atoms with van der Waals surface area (Å²) in [5.74, 6) is 0.466. The summed E-state index contributed by atoms with van der Waals surface area (Å²) < 4.78 is 0. The summed E-state index contributed by atoms with van der Waals surface area (Å²) in [5.41, 5.74) is 0. The Hall–Kier alpha value is -1.37. The molecular weight excluding hydrogens is 252 g/mol. The van der Waals surface area contributed by atoms with Crippen LogP contribution in [0.5, 0.6) is 0 Å². The summed E-state index contributed by atoms with van der Waals surface area (Å²) in [6, 6.07) is 1.96. The first-order valence-corrected chi connectivity index (χ1v) is 7.90. The van der Waals surface area contributed by atoms with Crippen LogP contribution in [0, 0.1) is 35.0 Å². The van der Waals surface area contributed by atoms with E-state index in [4.69, 9.17) is 0 Å². The lowest BCUT2D eigenvalue weighted by molar-refractivity contribution is -0.138. The molecule has 0 spiro atoms. The number of hydrogen-bond acceptors (Lipinski definition) is 3. The first kappa shape index (κ1) is 13.6. The van der Waals surface area contributed by atoms with E-state index in [-0.39, 0.29) is 11.7 Å². The smallest absolute Gasteiger partial charge is 0.247 e. The normalized spacial score (nSPS) is 33.1. The molecule has 3 aliphatic rings. The average Bonchev–Trinajstić information content (AvgIpc) is 3.17. The second-order valence-corrected chi connectivity index (χ2v) is 6.70. The van der Waals surface area contributed by atoms with Gasteiger partial charge in [0.05, 0.1) is 6.07 Å². The number of rotatable bonds is 4. The van der Waals surface area contributed by atoms with Crippen molar-refractivity contribution < 1.29 is 9.59 Å². The van der Waals surface area contributed by atoms with Crippen LogP contribution < -0.4 is 0 Å². The quantitative estimate of drug-likeness (QED) is 0.738. The van der Waals surface area contributed by atoms with Crippen LogP contribution in [0.1, 0.15) is 44.9 Å². The molecule has 1 aliphatic heterocycles. The van der Waals surface area contributed by atoms with Crippen molar-refractivity contribution in [3.05, 3.63) is 0 Å². The number of fused-ring (bicyclic) bond motifs is 2. The molecule has 108 valence electrons. The van der Waals surface area contributed by atoms with Crippen LogP contribution in [-0.2, 0) is 9.59 Å². The molecule has 0 aromatic rings. The highest BCUT2D eigenvalue weighted by Gasteiger charge is 2.42. The lowest BCUT2D eigenvalue weighted by Crippen LogP contribution is -2.37. The fraction of sp³-hybridized carbons (Fsp3) is 0.812. The van der Waals surface area contributed by atoms with E-state index in [1.807, 2.05) is 6.07 Å². The van der Waals surface area contributed by atoms with Crippen LogP contribution in [0.4, 0.5) is 0 Å². The highest BCUT2D eigenvalue weighted by atomic mass is 16.2. The van der Waals surface area contributed by atoms with Gasteiger partial charge < -0.3 is 4.90 Å². The molecular formula is C16H22N2O2. The van der Waals surface area contributed by atoms with Gasteiger partial charge in [-0.3, -0.25) is 9.59 Å². The van der Waals surface area contributed by atoms with Crippen LogP contribution in [-0.4, -0.2) is 29.7 Å². The van der Waals surface area contributed by atoms with E-state index in [1.54, 1.807) is 4.90 Å². The summed E-state index contributed by atoms with van der Waals surface area (Å²) in [7, 11) is 0. The Morgan fingerprint density at radius 3 is 2.50 bits per heavy atom. The van der Waals surface area contributed by atoms with E-state index in [2.05, 4.69) is 0 Å². The van der Waals surface area contributed by atoms with E-state index in [9.17, 15) is 14.9 Å². The van der Waals surface area contributed by atoms with Crippen LogP contribution in [0.3, 0.4) is 0 Å². The van der Waals surface area contributed by atoms with Crippen molar-refractivity contribution in [2.45, 2.75) is 44.9 Å². The molecule has 1 heterocycles. The second-order valence-electron chi connectivity index (χ2n) is 6.70. The fourth-order valence-electron chi connectivity index (χ4n) is 4.39. The number of nitriles is 1. The summed E-state index contributed by atoms with van der Waals surface area (Å²) in [6.45, 7) is 1.41. The second kappa shape index (κ2) is 5.55. The molecule has 1 saturated heterocycles. The Labute approximate surface area is 120 Å². The van der Waals surface area contributed by atoms with Crippen LogP contribution in [0.25, 0.3) is 0 Å². The van der Waals surface area contributed by atoms with Gasteiger partial charge in [-0.2, -0.15) is 5.26 Å². The summed E-state index contributed by atoms with van der Waals surface area (Å²) >= 11 is 0. The Bertz CT molecular complexity index is 448. The number of ketones is 1. The maximum absolute atomic E-state index is 12.3. The molecule has 0 unspecified atom stereocenters. The predicted molar refractivity (Wildman–Crippen MR) is 73.5 cm³/mol. The van der Waals surface area contributed by atoms with Crippen molar-refractivity contribution >= 4 is 11.7 Å². The van der Waals surface area contributed by atoms with Gasteiger partial charge in [0.15, 0.2) is 11.7 Å². The SMILES string of the molecule is N#C[C@H](C(=O)C[C@H]1C[C@H]2CC[C@H]1C2)C(=O)N1CCCC1. The molecule has 2 aliphatic carbocycles. The van der Waals surface area contributed by atoms with Gasteiger partial charge in [-0.15, -0.1) is 0 Å². The monoisotopic (exact) mass is 274 g/mol. The first-order chi connectivity index (χ1) is 9.69. The lowest BCUT2D eigenvalue weighted by Gasteiger charge is -2.23. The van der Waals surface area contributed by atoms with Crippen molar-refractivity contribution in [2.24, 2.45) is 23.7 Å². The molecule has 2 bridgehead atoms. The molecule has 0 aromatic carbocycles. The molecule has 3 fully saturated rings. The van der Waals surface area contributed by atoms with Gasteiger partial charge in [-0.05, 0) is 49.9 Å². The molecule has 3 rings (SSSR count). The standard InChI is InChI=1S/C16H22N2O2/c17-10-14(16(20)18-5-1-2-6-18)15(19)9-13-8-11-3-4-12(13)7-11/h11-14H,1-9H2/t11-,12-,13+,14+/m0/s1. The zero-order chi connectivity index (χ0) is 14.1. The molecule has 4 nitrogen and oxygen atoms in total. The van der Waals surface area contributed by atoms with E-state index in [1.165, 1.54) is 19.3 Å². The Morgan fingerprint density at radius 2 is 1.95 bits per heavy atom. The maximum atomic E-state index is 12.3. The molecule has 2 saturated carbocycles. The number of carbonyl (C=O) groups is 2. The summed E-state index contributed by atoms with van der Waals surface area (Å²) in [5, 5.41) is 9.21. The Kier molecular flexibility index (Phi) is 3.78. The fourth-order valence-corrected chi connectivity index (χ4v) is 4.39. The van der Waals surface area contributed by atoms with Crippen LogP contribution in [0.15, 0.2) is 0 Å². The van der Waals surface area contributed by atoms with Gasteiger partial charge in [0.25, 0.3) is 0 Å². The van der Waals surface area contributed by atoms with E-state index < -0.39 is 5.92 Å². The van der Waals surface area contributed by atoms with Crippen molar-refractivity contribution in [2.75, 3.05) is 13.1 Å². The van der Waals surface area contributed by atoms with Crippen LogP contribution in [0.2, 0.25) is 0 Å². The molecule has 1 amide bonds.